The Bertz CT molecular complexity index is 270. The van der Waals surface area contributed by atoms with Crippen molar-refractivity contribution in [1.82, 2.24) is 10.6 Å². The number of nitriles is 1. The first-order valence-electron chi connectivity index (χ1n) is 6.06. The Morgan fingerprint density at radius 2 is 2.25 bits per heavy atom. The molecule has 1 aliphatic carbocycles. The first-order valence-corrected chi connectivity index (χ1v) is 6.06. The maximum absolute atomic E-state index is 11.6. The fourth-order valence-corrected chi connectivity index (χ4v) is 2.04. The Labute approximate surface area is 97.4 Å². The second-order valence-corrected chi connectivity index (χ2v) is 4.70. The van der Waals surface area contributed by atoms with Gasteiger partial charge in [0.1, 0.15) is 0 Å². The van der Waals surface area contributed by atoms with E-state index in [4.69, 9.17) is 5.26 Å². The predicted molar refractivity (Wildman–Crippen MR) is 62.6 cm³/mol. The van der Waals surface area contributed by atoms with Gasteiger partial charge in [0.2, 0.25) is 5.91 Å². The molecule has 1 amide bonds. The van der Waals surface area contributed by atoms with Crippen LogP contribution < -0.4 is 10.6 Å². The SMILES string of the molecule is CC(C)NCCC(=O)NC1CCCC1C#N. The normalized spacial score (nSPS) is 24.4. The Morgan fingerprint density at radius 1 is 1.50 bits per heavy atom. The minimum atomic E-state index is 0.0157. The molecule has 0 bridgehead atoms. The highest BCUT2D eigenvalue weighted by atomic mass is 16.1. The number of hydrogen-bond donors (Lipinski definition) is 2. The second kappa shape index (κ2) is 6.49. The topological polar surface area (TPSA) is 64.9 Å². The van der Waals surface area contributed by atoms with E-state index in [0.717, 1.165) is 19.3 Å². The van der Waals surface area contributed by atoms with E-state index >= 15 is 0 Å². The van der Waals surface area contributed by atoms with Crippen LogP contribution in [-0.4, -0.2) is 24.5 Å². The van der Waals surface area contributed by atoms with Crippen molar-refractivity contribution >= 4 is 5.91 Å². The summed E-state index contributed by atoms with van der Waals surface area (Å²) in [5.41, 5.74) is 0. The van der Waals surface area contributed by atoms with E-state index in [1.807, 2.05) is 0 Å². The highest BCUT2D eigenvalue weighted by Gasteiger charge is 2.27. The lowest BCUT2D eigenvalue weighted by Gasteiger charge is -2.16. The maximum atomic E-state index is 11.6. The fourth-order valence-electron chi connectivity index (χ4n) is 2.04. The summed E-state index contributed by atoms with van der Waals surface area (Å²) in [6.45, 7) is 4.81. The van der Waals surface area contributed by atoms with Crippen LogP contribution in [0, 0.1) is 17.2 Å². The first-order chi connectivity index (χ1) is 7.63. The van der Waals surface area contributed by atoms with Gasteiger partial charge in [0.05, 0.1) is 12.0 Å². The number of nitrogens with zero attached hydrogens (tertiary/aromatic N) is 1. The molecule has 16 heavy (non-hydrogen) atoms. The predicted octanol–water partition coefficient (Wildman–Crippen LogP) is 1.18. The maximum Gasteiger partial charge on any atom is 0.221 e. The van der Waals surface area contributed by atoms with Gasteiger partial charge in [-0.3, -0.25) is 4.79 Å². The number of amides is 1. The van der Waals surface area contributed by atoms with Crippen LogP contribution in [0.2, 0.25) is 0 Å². The van der Waals surface area contributed by atoms with Crippen molar-refractivity contribution < 1.29 is 4.79 Å². The highest BCUT2D eigenvalue weighted by molar-refractivity contribution is 5.76. The summed E-state index contributed by atoms with van der Waals surface area (Å²) < 4.78 is 0. The van der Waals surface area contributed by atoms with E-state index in [2.05, 4.69) is 30.6 Å². The monoisotopic (exact) mass is 223 g/mol. The van der Waals surface area contributed by atoms with Gasteiger partial charge in [-0.25, -0.2) is 0 Å². The van der Waals surface area contributed by atoms with Gasteiger partial charge in [0, 0.05) is 25.0 Å². The van der Waals surface area contributed by atoms with E-state index in [1.165, 1.54) is 0 Å². The molecular weight excluding hydrogens is 202 g/mol. The fraction of sp³-hybridized carbons (Fsp3) is 0.833. The van der Waals surface area contributed by atoms with Gasteiger partial charge in [0.15, 0.2) is 0 Å². The quantitative estimate of drug-likeness (QED) is 0.735. The minimum Gasteiger partial charge on any atom is -0.352 e. The first kappa shape index (κ1) is 13.0. The molecule has 0 aliphatic heterocycles. The van der Waals surface area contributed by atoms with Crippen molar-refractivity contribution in [3.63, 3.8) is 0 Å². The molecule has 1 rings (SSSR count). The van der Waals surface area contributed by atoms with Gasteiger partial charge in [0.25, 0.3) is 0 Å². The van der Waals surface area contributed by atoms with E-state index in [0.29, 0.717) is 19.0 Å². The summed E-state index contributed by atoms with van der Waals surface area (Å²) in [6.07, 6.45) is 3.41. The number of carbonyl (C=O) groups is 1. The molecular formula is C12H21N3O. The Morgan fingerprint density at radius 3 is 2.88 bits per heavy atom. The Balaban J connectivity index is 2.21. The van der Waals surface area contributed by atoms with E-state index in [-0.39, 0.29) is 17.9 Å². The summed E-state index contributed by atoms with van der Waals surface area (Å²) in [5, 5.41) is 15.0. The van der Waals surface area contributed by atoms with Crippen LogP contribution in [0.15, 0.2) is 0 Å². The van der Waals surface area contributed by atoms with Crippen LogP contribution in [-0.2, 0) is 4.79 Å². The van der Waals surface area contributed by atoms with Gasteiger partial charge >= 0.3 is 0 Å². The lowest BCUT2D eigenvalue weighted by molar-refractivity contribution is -0.121. The molecule has 1 saturated carbocycles. The molecule has 2 atom stereocenters. The van der Waals surface area contributed by atoms with Gasteiger partial charge < -0.3 is 10.6 Å². The molecule has 4 heteroatoms. The van der Waals surface area contributed by atoms with Crippen molar-refractivity contribution in [2.75, 3.05) is 6.54 Å². The molecule has 0 aromatic rings. The molecule has 0 aromatic carbocycles. The molecule has 2 unspecified atom stereocenters. The summed E-state index contributed by atoms with van der Waals surface area (Å²) in [5.74, 6) is 0.0716. The molecule has 4 nitrogen and oxygen atoms in total. The van der Waals surface area contributed by atoms with Crippen molar-refractivity contribution in [1.29, 1.82) is 5.26 Å². The standard InChI is InChI=1S/C12H21N3O/c1-9(2)14-7-6-12(16)15-11-5-3-4-10(11)8-13/h9-11,14H,3-7H2,1-2H3,(H,15,16). The van der Waals surface area contributed by atoms with E-state index in [9.17, 15) is 4.79 Å². The largest absolute Gasteiger partial charge is 0.352 e. The van der Waals surface area contributed by atoms with Crippen molar-refractivity contribution in [3.8, 4) is 6.07 Å². The second-order valence-electron chi connectivity index (χ2n) is 4.70. The van der Waals surface area contributed by atoms with Crippen molar-refractivity contribution in [2.24, 2.45) is 5.92 Å². The molecule has 0 heterocycles. The van der Waals surface area contributed by atoms with Gasteiger partial charge in [-0.2, -0.15) is 5.26 Å². The van der Waals surface area contributed by atoms with Crippen LogP contribution in [0.5, 0.6) is 0 Å². The van der Waals surface area contributed by atoms with Crippen molar-refractivity contribution in [2.45, 2.75) is 51.6 Å². The van der Waals surface area contributed by atoms with E-state index < -0.39 is 0 Å². The van der Waals surface area contributed by atoms with Crippen molar-refractivity contribution in [3.05, 3.63) is 0 Å². The molecule has 1 aliphatic rings. The third-order valence-corrected chi connectivity index (χ3v) is 2.93. The molecule has 1 fully saturated rings. The third-order valence-electron chi connectivity index (χ3n) is 2.93. The molecule has 0 saturated heterocycles. The van der Waals surface area contributed by atoms with Crippen LogP contribution in [0.25, 0.3) is 0 Å². The number of rotatable bonds is 5. The Hall–Kier alpha value is -1.08. The molecule has 90 valence electrons. The zero-order valence-corrected chi connectivity index (χ0v) is 10.1. The number of hydrogen-bond acceptors (Lipinski definition) is 3. The van der Waals surface area contributed by atoms with Crippen LogP contribution in [0.4, 0.5) is 0 Å². The van der Waals surface area contributed by atoms with Crippen LogP contribution in [0.1, 0.15) is 39.5 Å². The average molecular weight is 223 g/mol. The molecule has 0 radical (unpaired) electrons. The van der Waals surface area contributed by atoms with Crippen LogP contribution in [0.3, 0.4) is 0 Å². The third kappa shape index (κ3) is 4.19. The van der Waals surface area contributed by atoms with Gasteiger partial charge in [-0.05, 0) is 19.3 Å². The summed E-state index contributed by atoms with van der Waals surface area (Å²) in [7, 11) is 0. The van der Waals surface area contributed by atoms with Gasteiger partial charge in [-0.15, -0.1) is 0 Å². The summed E-state index contributed by atoms with van der Waals surface area (Å²) >= 11 is 0. The van der Waals surface area contributed by atoms with E-state index in [1.54, 1.807) is 0 Å². The summed E-state index contributed by atoms with van der Waals surface area (Å²) in [6, 6.07) is 2.75. The smallest absolute Gasteiger partial charge is 0.221 e. The molecule has 0 spiro atoms. The zero-order valence-electron chi connectivity index (χ0n) is 10.1. The minimum absolute atomic E-state index is 0.0157. The highest BCUT2D eigenvalue weighted by Crippen LogP contribution is 2.24. The zero-order chi connectivity index (χ0) is 12.0. The lowest BCUT2D eigenvalue weighted by Crippen LogP contribution is -2.38. The average Bonchev–Trinajstić information content (AvgIpc) is 2.64. The number of carbonyl (C=O) groups excluding carboxylic acids is 1. The number of nitrogens with one attached hydrogen (secondary N) is 2. The lowest BCUT2D eigenvalue weighted by atomic mass is 10.1. The Kier molecular flexibility index (Phi) is 5.27. The molecule has 2 N–H and O–H groups in total. The summed E-state index contributed by atoms with van der Waals surface area (Å²) in [4.78, 5) is 11.6. The van der Waals surface area contributed by atoms with Gasteiger partial charge in [-0.1, -0.05) is 13.8 Å². The molecule has 0 aromatic heterocycles. The van der Waals surface area contributed by atoms with Crippen LogP contribution >= 0.6 is 0 Å².